The number of hydrogen-bond acceptors (Lipinski definition) is 5. The van der Waals surface area contributed by atoms with Gasteiger partial charge in [0, 0.05) is 19.0 Å². The van der Waals surface area contributed by atoms with Crippen LogP contribution in [0.1, 0.15) is 76.0 Å². The molecule has 176 valence electrons. The standard InChI is InChI=1S/C22H32FN5O4/c1-7-9-13(5)32-18-11-17(28-22(31)27(6)20(26-28)12(3)4)15(23)10-14(18)21(30)25-16(8-2)19(24)29/h10-13,16H,7-9H2,1-6H3,(H2,24,29)(H,25,30)/t13-,16+/m0/s1. The number of halogens is 1. The molecule has 2 atom stereocenters. The molecule has 0 bridgehead atoms. The quantitative estimate of drug-likeness (QED) is 0.577. The van der Waals surface area contributed by atoms with Crippen LogP contribution >= 0.6 is 0 Å². The molecule has 0 saturated carbocycles. The Morgan fingerprint density at radius 1 is 1.25 bits per heavy atom. The van der Waals surface area contributed by atoms with Crippen molar-refractivity contribution in [3.05, 3.63) is 39.8 Å². The zero-order valence-electron chi connectivity index (χ0n) is 19.4. The van der Waals surface area contributed by atoms with Gasteiger partial charge in [0.1, 0.15) is 29.1 Å². The molecule has 2 rings (SSSR count). The van der Waals surface area contributed by atoms with Gasteiger partial charge in [-0.3, -0.25) is 14.2 Å². The molecule has 1 aromatic heterocycles. The molecule has 32 heavy (non-hydrogen) atoms. The number of ether oxygens (including phenoxy) is 1. The van der Waals surface area contributed by atoms with Crippen LogP contribution in [0.5, 0.6) is 5.75 Å². The maximum Gasteiger partial charge on any atom is 0.350 e. The van der Waals surface area contributed by atoms with Gasteiger partial charge in [-0.05, 0) is 25.8 Å². The fraction of sp³-hybridized carbons (Fsp3) is 0.545. The zero-order chi connectivity index (χ0) is 24.2. The Hall–Kier alpha value is -3.17. The minimum Gasteiger partial charge on any atom is -0.490 e. The Morgan fingerprint density at radius 3 is 2.41 bits per heavy atom. The number of aromatic nitrogens is 3. The molecule has 0 saturated heterocycles. The van der Waals surface area contributed by atoms with Crippen LogP contribution in [0.25, 0.3) is 5.69 Å². The van der Waals surface area contributed by atoms with Crippen LogP contribution in [-0.4, -0.2) is 38.3 Å². The van der Waals surface area contributed by atoms with Crippen molar-refractivity contribution in [1.82, 2.24) is 19.7 Å². The summed E-state index contributed by atoms with van der Waals surface area (Å²) < 4.78 is 23.4. The number of benzene rings is 1. The third-order valence-corrected chi connectivity index (χ3v) is 5.13. The number of carbonyl (C=O) groups is 2. The highest BCUT2D eigenvalue weighted by Crippen LogP contribution is 2.27. The molecule has 0 aliphatic heterocycles. The average molecular weight is 450 g/mol. The summed E-state index contributed by atoms with van der Waals surface area (Å²) >= 11 is 0. The highest BCUT2D eigenvalue weighted by Gasteiger charge is 2.25. The summed E-state index contributed by atoms with van der Waals surface area (Å²) in [7, 11) is 1.57. The molecular weight excluding hydrogens is 417 g/mol. The first kappa shape index (κ1) is 25.1. The van der Waals surface area contributed by atoms with E-state index in [4.69, 9.17) is 10.5 Å². The van der Waals surface area contributed by atoms with E-state index < -0.39 is 29.4 Å². The van der Waals surface area contributed by atoms with Crippen molar-refractivity contribution in [2.24, 2.45) is 12.8 Å². The molecule has 3 N–H and O–H groups in total. The fourth-order valence-corrected chi connectivity index (χ4v) is 3.38. The lowest BCUT2D eigenvalue weighted by molar-refractivity contribution is -0.119. The summed E-state index contributed by atoms with van der Waals surface area (Å²) in [6.07, 6.45) is 1.56. The molecule has 10 heteroatoms. The van der Waals surface area contributed by atoms with Crippen LogP contribution in [0.3, 0.4) is 0 Å². The summed E-state index contributed by atoms with van der Waals surface area (Å²) in [5.41, 5.74) is 4.57. The molecule has 9 nitrogen and oxygen atoms in total. The van der Waals surface area contributed by atoms with Crippen molar-refractivity contribution in [3.8, 4) is 11.4 Å². The second-order valence-corrected chi connectivity index (χ2v) is 8.12. The molecule has 1 aromatic carbocycles. The minimum atomic E-state index is -0.904. The second kappa shape index (κ2) is 10.4. The van der Waals surface area contributed by atoms with E-state index in [9.17, 15) is 14.4 Å². The van der Waals surface area contributed by atoms with E-state index in [0.717, 1.165) is 17.2 Å². The van der Waals surface area contributed by atoms with Crippen LogP contribution in [-0.2, 0) is 11.8 Å². The lowest BCUT2D eigenvalue weighted by Gasteiger charge is -2.19. The van der Waals surface area contributed by atoms with E-state index in [-0.39, 0.29) is 35.4 Å². The Morgan fingerprint density at radius 2 is 1.91 bits per heavy atom. The number of amides is 2. The Labute approximate surface area is 186 Å². The zero-order valence-corrected chi connectivity index (χ0v) is 19.4. The van der Waals surface area contributed by atoms with Crippen molar-refractivity contribution in [2.45, 2.75) is 71.9 Å². The van der Waals surface area contributed by atoms with Crippen molar-refractivity contribution in [1.29, 1.82) is 0 Å². The lowest BCUT2D eigenvalue weighted by atomic mass is 10.1. The second-order valence-electron chi connectivity index (χ2n) is 8.12. The number of rotatable bonds is 10. The molecule has 0 radical (unpaired) electrons. The van der Waals surface area contributed by atoms with Crippen molar-refractivity contribution in [2.75, 3.05) is 0 Å². The number of nitrogens with zero attached hydrogens (tertiary/aromatic N) is 3. The van der Waals surface area contributed by atoms with Crippen LogP contribution in [0.4, 0.5) is 4.39 Å². The molecule has 1 heterocycles. The van der Waals surface area contributed by atoms with Gasteiger partial charge in [0.2, 0.25) is 5.91 Å². The number of carbonyl (C=O) groups excluding carboxylic acids is 2. The van der Waals surface area contributed by atoms with Gasteiger partial charge in [-0.15, -0.1) is 5.10 Å². The molecule has 0 spiro atoms. The summed E-state index contributed by atoms with van der Waals surface area (Å²) in [5.74, 6) is -1.69. The van der Waals surface area contributed by atoms with Gasteiger partial charge in [-0.25, -0.2) is 9.18 Å². The summed E-state index contributed by atoms with van der Waals surface area (Å²) in [6, 6.07) is 1.38. The van der Waals surface area contributed by atoms with Gasteiger partial charge in [0.15, 0.2) is 0 Å². The molecule has 2 aromatic rings. The van der Waals surface area contributed by atoms with Crippen molar-refractivity contribution in [3.63, 3.8) is 0 Å². The number of primary amides is 1. The van der Waals surface area contributed by atoms with E-state index in [1.807, 2.05) is 27.7 Å². The Kier molecular flexibility index (Phi) is 8.18. The predicted molar refractivity (Wildman–Crippen MR) is 119 cm³/mol. The smallest absolute Gasteiger partial charge is 0.350 e. The Balaban J connectivity index is 2.61. The third-order valence-electron chi connectivity index (χ3n) is 5.13. The first-order chi connectivity index (χ1) is 15.0. The maximum atomic E-state index is 15.1. The molecule has 0 fully saturated rings. The monoisotopic (exact) mass is 449 g/mol. The summed E-state index contributed by atoms with van der Waals surface area (Å²) in [6.45, 7) is 9.26. The van der Waals surface area contributed by atoms with Gasteiger partial charge < -0.3 is 15.8 Å². The molecule has 0 aliphatic rings. The maximum absolute atomic E-state index is 15.1. The summed E-state index contributed by atoms with van der Waals surface area (Å²) in [4.78, 5) is 37.1. The fourth-order valence-electron chi connectivity index (χ4n) is 3.38. The molecule has 0 unspecified atom stereocenters. The van der Waals surface area contributed by atoms with E-state index in [1.54, 1.807) is 14.0 Å². The Bertz CT molecular complexity index is 1040. The van der Waals surface area contributed by atoms with E-state index >= 15 is 4.39 Å². The van der Waals surface area contributed by atoms with Crippen LogP contribution in [0, 0.1) is 5.82 Å². The van der Waals surface area contributed by atoms with Crippen LogP contribution in [0.2, 0.25) is 0 Å². The number of nitrogens with one attached hydrogen (secondary N) is 1. The predicted octanol–water partition coefficient (Wildman–Crippen LogP) is 2.39. The third kappa shape index (κ3) is 5.35. The van der Waals surface area contributed by atoms with Gasteiger partial charge in [0.25, 0.3) is 5.91 Å². The van der Waals surface area contributed by atoms with Crippen LogP contribution in [0.15, 0.2) is 16.9 Å². The van der Waals surface area contributed by atoms with Gasteiger partial charge in [-0.2, -0.15) is 4.68 Å². The lowest BCUT2D eigenvalue weighted by Crippen LogP contribution is -2.44. The highest BCUT2D eigenvalue weighted by atomic mass is 19.1. The minimum absolute atomic E-state index is 0.0536. The molecule has 0 aliphatic carbocycles. The van der Waals surface area contributed by atoms with E-state index in [2.05, 4.69) is 10.4 Å². The van der Waals surface area contributed by atoms with Gasteiger partial charge in [-0.1, -0.05) is 34.1 Å². The average Bonchev–Trinajstić information content (AvgIpc) is 3.01. The van der Waals surface area contributed by atoms with E-state index in [0.29, 0.717) is 12.2 Å². The van der Waals surface area contributed by atoms with Crippen LogP contribution < -0.4 is 21.5 Å². The van der Waals surface area contributed by atoms with Gasteiger partial charge >= 0.3 is 5.69 Å². The number of nitrogens with two attached hydrogens (primary N) is 1. The SMILES string of the molecule is CCC[C@H](C)Oc1cc(-n2nc(C(C)C)n(C)c2=O)c(F)cc1C(=O)N[C@H](CC)C(N)=O. The van der Waals surface area contributed by atoms with Crippen molar-refractivity contribution >= 4 is 11.8 Å². The van der Waals surface area contributed by atoms with Crippen molar-refractivity contribution < 1.29 is 18.7 Å². The summed E-state index contributed by atoms with van der Waals surface area (Å²) in [5, 5.41) is 6.77. The highest BCUT2D eigenvalue weighted by molar-refractivity contribution is 5.99. The first-order valence-electron chi connectivity index (χ1n) is 10.8. The largest absolute Gasteiger partial charge is 0.490 e. The molecular formula is C22H32FN5O4. The molecule has 2 amide bonds. The first-order valence-corrected chi connectivity index (χ1v) is 10.8. The normalized spacial score (nSPS) is 13.1. The topological polar surface area (TPSA) is 121 Å². The van der Waals surface area contributed by atoms with E-state index in [1.165, 1.54) is 10.6 Å². The number of hydrogen-bond donors (Lipinski definition) is 2. The van der Waals surface area contributed by atoms with Gasteiger partial charge in [0.05, 0.1) is 11.7 Å².